The van der Waals surface area contributed by atoms with Gasteiger partial charge in [-0.2, -0.15) is 10.4 Å². The van der Waals surface area contributed by atoms with Crippen molar-refractivity contribution in [3.05, 3.63) is 83.1 Å². The first-order valence-electron chi connectivity index (χ1n) is 10.5. The van der Waals surface area contributed by atoms with E-state index in [0.717, 1.165) is 0 Å². The number of nitriles is 1. The number of hydrogen-bond donors (Lipinski definition) is 3. The fraction of sp³-hybridized carbons (Fsp3) is 0.125. The molecule has 3 aromatic heterocycles. The quantitative estimate of drug-likeness (QED) is 0.286. The molecule has 0 unspecified atom stereocenters. The van der Waals surface area contributed by atoms with Gasteiger partial charge in [0.2, 0.25) is 0 Å². The number of fused-ring (bicyclic) bond motifs is 1. The summed E-state index contributed by atoms with van der Waals surface area (Å²) in [5.74, 6) is 0.147. The van der Waals surface area contributed by atoms with Gasteiger partial charge in [-0.05, 0) is 57.2 Å². The number of ketones is 1. The third-order valence-electron chi connectivity index (χ3n) is 5.13. The minimum atomic E-state index is -0.538. The molecule has 0 aliphatic carbocycles. The van der Waals surface area contributed by atoms with Gasteiger partial charge in [-0.15, -0.1) is 0 Å². The number of Topliss-reactive ketones (excluding diaryl/α,β-unsaturated/α-hetero) is 1. The molecule has 0 spiro atoms. The Hall–Kier alpha value is -4.98. The number of anilines is 1. The average molecular weight is 472 g/mol. The number of hydrogen-bond acceptors (Lipinski definition) is 8. The number of carbonyl (C=O) groups is 1. The second-order valence-electron chi connectivity index (χ2n) is 7.88. The smallest absolute Gasteiger partial charge is 0.166 e. The van der Waals surface area contributed by atoms with Crippen LogP contribution in [0.3, 0.4) is 0 Å². The number of nitrogens with two attached hydrogens (primary N) is 2. The third kappa shape index (κ3) is 4.58. The topological polar surface area (TPSA) is 153 Å². The minimum Gasteiger partial charge on any atom is -0.402 e. The maximum Gasteiger partial charge on any atom is 0.166 e. The van der Waals surface area contributed by atoms with Gasteiger partial charge in [0, 0.05) is 17.5 Å². The van der Waals surface area contributed by atoms with E-state index in [1.165, 1.54) is 30.1 Å². The Kier molecular flexibility index (Phi) is 6.03. The van der Waals surface area contributed by atoms with Crippen LogP contribution in [0.5, 0.6) is 0 Å². The number of nitrogens with one attached hydrogen (secondary N) is 1. The third-order valence-corrected chi connectivity index (χ3v) is 5.13. The number of imidazole rings is 1. The van der Waals surface area contributed by atoms with Crippen LogP contribution >= 0.6 is 0 Å². The lowest BCUT2D eigenvalue weighted by molar-refractivity contribution is 0.101. The van der Waals surface area contributed by atoms with Gasteiger partial charge in [0.1, 0.15) is 29.9 Å². The Morgan fingerprint density at radius 1 is 1.20 bits per heavy atom. The molecule has 0 saturated carbocycles. The molecule has 5 N–H and O–H groups in total. The van der Waals surface area contributed by atoms with Gasteiger partial charge in [0.05, 0.1) is 22.3 Å². The van der Waals surface area contributed by atoms with Crippen molar-refractivity contribution in [3.63, 3.8) is 0 Å². The van der Waals surface area contributed by atoms with Gasteiger partial charge in [-0.3, -0.25) is 9.36 Å². The van der Waals surface area contributed by atoms with Crippen molar-refractivity contribution in [3.8, 4) is 17.7 Å². The molecule has 0 fully saturated rings. The number of pyridine rings is 1. The Morgan fingerprint density at radius 3 is 2.63 bits per heavy atom. The van der Waals surface area contributed by atoms with Crippen molar-refractivity contribution in [1.29, 1.82) is 5.26 Å². The van der Waals surface area contributed by atoms with Crippen molar-refractivity contribution in [2.24, 2.45) is 11.5 Å². The summed E-state index contributed by atoms with van der Waals surface area (Å²) < 4.78 is 17.8. The summed E-state index contributed by atoms with van der Waals surface area (Å²) >= 11 is 0. The fourth-order valence-electron chi connectivity index (χ4n) is 3.48. The first-order valence-corrected chi connectivity index (χ1v) is 10.5. The number of benzene rings is 1. The number of halogens is 1. The summed E-state index contributed by atoms with van der Waals surface area (Å²) in [7, 11) is 0. The zero-order valence-corrected chi connectivity index (χ0v) is 19.2. The predicted octanol–water partition coefficient (Wildman–Crippen LogP) is 3.20. The minimum absolute atomic E-state index is 0.137. The molecule has 0 saturated heterocycles. The number of nitrogens with zero attached hydrogens (tertiary/aromatic N) is 6. The molecule has 4 aromatic rings. The van der Waals surface area contributed by atoms with E-state index in [0.29, 0.717) is 33.8 Å². The van der Waals surface area contributed by atoms with E-state index in [2.05, 4.69) is 20.4 Å². The normalized spacial score (nSPS) is 12.1. The van der Waals surface area contributed by atoms with Gasteiger partial charge in [0.25, 0.3) is 0 Å². The lowest BCUT2D eigenvalue weighted by Gasteiger charge is -2.12. The molecule has 11 heteroatoms. The van der Waals surface area contributed by atoms with Gasteiger partial charge >= 0.3 is 0 Å². The standard InChI is InChI=1S/C24H22FN9O/c1-13(27)4-6-22(28)30-19-10-21-20(9-18(19)25)29-12-33(21)23-7-5-17(15(3)35)24(31-23)34-14(2)8-16(11-26)32-34/h4-10,12,30H,27-28H2,1-3H3/b13-4-,22-6+. The molecule has 0 bridgehead atoms. The molecular weight excluding hydrogens is 449 g/mol. The van der Waals surface area contributed by atoms with Crippen LogP contribution < -0.4 is 16.8 Å². The van der Waals surface area contributed by atoms with E-state index in [1.54, 1.807) is 48.8 Å². The summed E-state index contributed by atoms with van der Waals surface area (Å²) in [5.41, 5.74) is 14.4. The highest BCUT2D eigenvalue weighted by molar-refractivity contribution is 5.97. The predicted molar refractivity (Wildman–Crippen MR) is 129 cm³/mol. The molecule has 1 aromatic carbocycles. The SMILES string of the molecule is CC(=O)c1ccc(-n2cnc3cc(F)c(N/C(N)=C/C=C(/C)N)cc32)nc1-n1nc(C#N)cc1C. The van der Waals surface area contributed by atoms with Crippen LogP contribution in [0.2, 0.25) is 0 Å². The van der Waals surface area contributed by atoms with Crippen molar-refractivity contribution < 1.29 is 9.18 Å². The molecule has 10 nitrogen and oxygen atoms in total. The van der Waals surface area contributed by atoms with Crippen LogP contribution in [0.25, 0.3) is 22.7 Å². The van der Waals surface area contributed by atoms with Gasteiger partial charge in [-0.25, -0.2) is 19.0 Å². The van der Waals surface area contributed by atoms with Crippen LogP contribution in [-0.4, -0.2) is 30.1 Å². The van der Waals surface area contributed by atoms with Gasteiger partial charge in [-0.1, -0.05) is 0 Å². The van der Waals surface area contributed by atoms with E-state index in [1.807, 2.05) is 6.07 Å². The number of rotatable bonds is 6. The summed E-state index contributed by atoms with van der Waals surface area (Å²) in [6.45, 7) is 4.90. The molecule has 0 atom stereocenters. The number of aromatic nitrogens is 5. The molecule has 0 aliphatic heterocycles. The van der Waals surface area contributed by atoms with E-state index >= 15 is 0 Å². The maximum atomic E-state index is 14.7. The molecular formula is C24H22FN9O. The van der Waals surface area contributed by atoms with Crippen LogP contribution in [0.15, 0.2) is 60.3 Å². The summed E-state index contributed by atoms with van der Waals surface area (Å²) in [5, 5.41) is 16.3. The van der Waals surface area contributed by atoms with E-state index in [9.17, 15) is 14.4 Å². The van der Waals surface area contributed by atoms with Gasteiger partial charge in [0.15, 0.2) is 17.3 Å². The second-order valence-corrected chi connectivity index (χ2v) is 7.88. The Bertz CT molecular complexity index is 1570. The first-order chi connectivity index (χ1) is 16.7. The molecule has 4 rings (SSSR count). The van der Waals surface area contributed by atoms with Crippen LogP contribution in [0.1, 0.15) is 35.6 Å². The Labute approximate surface area is 200 Å². The fourth-order valence-corrected chi connectivity index (χ4v) is 3.48. The van der Waals surface area contributed by atoms with Crippen molar-refractivity contribution >= 4 is 22.5 Å². The number of carbonyl (C=O) groups excluding carboxylic acids is 1. The zero-order valence-electron chi connectivity index (χ0n) is 19.2. The highest BCUT2D eigenvalue weighted by atomic mass is 19.1. The molecule has 0 radical (unpaired) electrons. The van der Waals surface area contributed by atoms with Crippen LogP contribution in [0, 0.1) is 24.1 Å². The lowest BCUT2D eigenvalue weighted by atomic mass is 10.2. The van der Waals surface area contributed by atoms with Gasteiger partial charge < -0.3 is 16.8 Å². The highest BCUT2D eigenvalue weighted by Crippen LogP contribution is 2.26. The molecule has 35 heavy (non-hydrogen) atoms. The monoisotopic (exact) mass is 471 g/mol. The summed E-state index contributed by atoms with van der Waals surface area (Å²) in [6, 6.07) is 9.72. The largest absolute Gasteiger partial charge is 0.402 e. The highest BCUT2D eigenvalue weighted by Gasteiger charge is 2.18. The van der Waals surface area contributed by atoms with Crippen molar-refractivity contribution in [2.45, 2.75) is 20.8 Å². The first kappa shape index (κ1) is 23.2. The number of aryl methyl sites for hydroxylation is 1. The van der Waals surface area contributed by atoms with Crippen molar-refractivity contribution in [1.82, 2.24) is 24.3 Å². The van der Waals surface area contributed by atoms with Crippen LogP contribution in [-0.2, 0) is 0 Å². The average Bonchev–Trinajstić information content (AvgIpc) is 3.40. The van der Waals surface area contributed by atoms with Crippen LogP contribution in [0.4, 0.5) is 10.1 Å². The Balaban J connectivity index is 1.84. The molecule has 3 heterocycles. The summed E-state index contributed by atoms with van der Waals surface area (Å²) in [6.07, 6.45) is 4.64. The lowest BCUT2D eigenvalue weighted by Crippen LogP contribution is -2.12. The molecule has 0 amide bonds. The maximum absolute atomic E-state index is 14.7. The Morgan fingerprint density at radius 2 is 1.97 bits per heavy atom. The van der Waals surface area contributed by atoms with E-state index in [-0.39, 0.29) is 28.8 Å². The van der Waals surface area contributed by atoms with Crippen molar-refractivity contribution in [2.75, 3.05) is 5.32 Å². The summed E-state index contributed by atoms with van der Waals surface area (Å²) in [4.78, 5) is 21.2. The number of allylic oxidation sites excluding steroid dienone is 3. The zero-order chi connectivity index (χ0) is 25.3. The molecule has 0 aliphatic rings. The van der Waals surface area contributed by atoms with E-state index in [4.69, 9.17) is 11.5 Å². The second kappa shape index (κ2) is 9.11. The molecule has 176 valence electrons. The van der Waals surface area contributed by atoms with E-state index < -0.39 is 5.82 Å².